The lowest BCUT2D eigenvalue weighted by Crippen LogP contribution is -2.47. The molecule has 5 nitrogen and oxygen atoms in total. The van der Waals surface area contributed by atoms with Crippen LogP contribution in [0.15, 0.2) is 53.0 Å². The van der Waals surface area contributed by atoms with Gasteiger partial charge in [-0.15, -0.1) is 0 Å². The molecule has 0 N–H and O–H groups in total. The van der Waals surface area contributed by atoms with E-state index in [0.29, 0.717) is 6.04 Å². The second-order valence-corrected chi connectivity index (χ2v) is 10.7. The fourth-order valence-electron chi connectivity index (χ4n) is 4.99. The number of piperazine rings is 1. The molecule has 0 atom stereocenters. The minimum absolute atomic E-state index is 0.443. The van der Waals surface area contributed by atoms with Crippen molar-refractivity contribution in [1.82, 2.24) is 19.2 Å². The second-order valence-electron chi connectivity index (χ2n) is 9.00. The molecule has 1 aromatic heterocycles. The molecule has 0 spiro atoms. The van der Waals surface area contributed by atoms with E-state index in [1.54, 1.807) is 0 Å². The first-order valence-electron chi connectivity index (χ1n) is 11.8. The summed E-state index contributed by atoms with van der Waals surface area (Å²) in [5.41, 5.74) is 2.32. The van der Waals surface area contributed by atoms with Gasteiger partial charge >= 0.3 is 0 Å². The molecule has 1 aliphatic carbocycles. The molecular formula is C25H29BrClN5S. The highest BCUT2D eigenvalue weighted by Crippen LogP contribution is 2.33. The van der Waals surface area contributed by atoms with Gasteiger partial charge < -0.3 is 4.90 Å². The van der Waals surface area contributed by atoms with Gasteiger partial charge in [0.1, 0.15) is 0 Å². The minimum atomic E-state index is 0.443. The Balaban J connectivity index is 1.36. The molecule has 0 radical (unpaired) electrons. The Kier molecular flexibility index (Phi) is 7.21. The van der Waals surface area contributed by atoms with E-state index in [4.69, 9.17) is 28.9 Å². The van der Waals surface area contributed by atoms with Gasteiger partial charge in [-0.3, -0.25) is 9.47 Å². The topological polar surface area (TPSA) is 29.2 Å². The number of rotatable bonds is 5. The van der Waals surface area contributed by atoms with Crippen molar-refractivity contribution in [2.24, 2.45) is 0 Å². The first-order chi connectivity index (χ1) is 16.1. The first kappa shape index (κ1) is 23.1. The standard InChI is InChI=1S/C25H29BrClN5S/c26-20-11-9-19(10-12-20)24-28-31(25(33)32(24)22-6-2-1-3-7-22)18-29-13-15-30(16-14-29)23-8-4-5-21(27)17-23/h4-5,8-12,17,22H,1-3,6-7,13-16,18H2. The molecule has 1 aliphatic heterocycles. The Morgan fingerprint density at radius 3 is 2.39 bits per heavy atom. The molecule has 0 unspecified atom stereocenters. The van der Waals surface area contributed by atoms with E-state index >= 15 is 0 Å². The van der Waals surface area contributed by atoms with E-state index < -0.39 is 0 Å². The van der Waals surface area contributed by atoms with E-state index in [2.05, 4.69) is 60.6 Å². The zero-order valence-corrected chi connectivity index (χ0v) is 21.8. The van der Waals surface area contributed by atoms with Crippen LogP contribution >= 0.6 is 39.7 Å². The van der Waals surface area contributed by atoms with E-state index in [0.717, 1.165) is 58.5 Å². The van der Waals surface area contributed by atoms with Gasteiger partial charge in [0, 0.05) is 53.0 Å². The molecule has 0 bridgehead atoms. The Hall–Kier alpha value is -1.67. The lowest BCUT2D eigenvalue weighted by Gasteiger charge is -2.35. The molecule has 174 valence electrons. The maximum absolute atomic E-state index is 6.19. The molecule has 3 aromatic rings. The van der Waals surface area contributed by atoms with Crippen LogP contribution in [0.1, 0.15) is 38.1 Å². The van der Waals surface area contributed by atoms with E-state index in [1.165, 1.54) is 37.8 Å². The lowest BCUT2D eigenvalue weighted by atomic mass is 9.95. The van der Waals surface area contributed by atoms with Gasteiger partial charge in [0.15, 0.2) is 10.6 Å². The van der Waals surface area contributed by atoms with Gasteiger partial charge in [-0.1, -0.05) is 65.0 Å². The van der Waals surface area contributed by atoms with Crippen molar-refractivity contribution in [2.75, 3.05) is 31.1 Å². The van der Waals surface area contributed by atoms with Crippen molar-refractivity contribution in [2.45, 2.75) is 44.8 Å². The number of aromatic nitrogens is 3. The van der Waals surface area contributed by atoms with Crippen LogP contribution in [0.4, 0.5) is 5.69 Å². The van der Waals surface area contributed by atoms with Crippen molar-refractivity contribution < 1.29 is 0 Å². The molecule has 5 rings (SSSR count). The molecule has 0 amide bonds. The summed E-state index contributed by atoms with van der Waals surface area (Å²) < 4.78 is 6.29. The highest BCUT2D eigenvalue weighted by molar-refractivity contribution is 9.10. The van der Waals surface area contributed by atoms with Crippen LogP contribution in [0, 0.1) is 4.77 Å². The summed E-state index contributed by atoms with van der Waals surface area (Å²) in [6.07, 6.45) is 6.22. The van der Waals surface area contributed by atoms with Crippen LogP contribution < -0.4 is 4.90 Å². The second kappa shape index (κ2) is 10.3. The number of hydrogen-bond acceptors (Lipinski definition) is 4. The number of anilines is 1. The molecule has 8 heteroatoms. The van der Waals surface area contributed by atoms with Crippen LogP contribution in [-0.2, 0) is 6.67 Å². The molecular weight excluding hydrogens is 518 g/mol. The smallest absolute Gasteiger partial charge is 0.199 e. The molecule has 1 saturated carbocycles. The summed E-state index contributed by atoms with van der Waals surface area (Å²) in [5.74, 6) is 0.997. The summed E-state index contributed by atoms with van der Waals surface area (Å²) in [7, 11) is 0. The van der Waals surface area contributed by atoms with Crippen LogP contribution in [0.3, 0.4) is 0 Å². The molecule has 1 saturated heterocycles. The van der Waals surface area contributed by atoms with Crippen molar-refractivity contribution in [3.63, 3.8) is 0 Å². The van der Waals surface area contributed by atoms with Crippen molar-refractivity contribution in [3.8, 4) is 11.4 Å². The number of nitrogens with zero attached hydrogens (tertiary/aromatic N) is 5. The van der Waals surface area contributed by atoms with Crippen molar-refractivity contribution in [3.05, 3.63) is 62.8 Å². The van der Waals surface area contributed by atoms with E-state index in [1.807, 2.05) is 22.9 Å². The number of benzene rings is 2. The van der Waals surface area contributed by atoms with Gasteiger partial charge in [0.25, 0.3) is 0 Å². The molecule has 2 fully saturated rings. The van der Waals surface area contributed by atoms with Gasteiger partial charge in [0.05, 0.1) is 6.67 Å². The molecule has 2 aliphatic rings. The van der Waals surface area contributed by atoms with E-state index in [-0.39, 0.29) is 0 Å². The average molecular weight is 547 g/mol. The third-order valence-electron chi connectivity index (χ3n) is 6.79. The summed E-state index contributed by atoms with van der Waals surface area (Å²) in [5, 5.41) is 5.84. The van der Waals surface area contributed by atoms with Crippen molar-refractivity contribution >= 4 is 45.4 Å². The lowest BCUT2D eigenvalue weighted by molar-refractivity contribution is 0.193. The Labute approximate surface area is 214 Å². The first-order valence-corrected chi connectivity index (χ1v) is 13.3. The monoisotopic (exact) mass is 545 g/mol. The third-order valence-corrected chi connectivity index (χ3v) is 7.96. The zero-order valence-electron chi connectivity index (χ0n) is 18.7. The quantitative estimate of drug-likeness (QED) is 0.330. The highest BCUT2D eigenvalue weighted by atomic mass is 79.9. The SMILES string of the molecule is S=c1n(CN2CCN(c3cccc(Cl)c3)CC2)nc(-c2ccc(Br)cc2)n1C1CCCCC1. The largest absolute Gasteiger partial charge is 0.369 e. The van der Waals surface area contributed by atoms with Crippen LogP contribution in [0.25, 0.3) is 11.4 Å². The van der Waals surface area contributed by atoms with Gasteiger partial charge in [-0.05, 0) is 55.4 Å². The Morgan fingerprint density at radius 1 is 0.970 bits per heavy atom. The van der Waals surface area contributed by atoms with Gasteiger partial charge in [-0.25, -0.2) is 4.68 Å². The molecule has 33 heavy (non-hydrogen) atoms. The molecule has 2 aromatic carbocycles. The van der Waals surface area contributed by atoms with Gasteiger partial charge in [-0.2, -0.15) is 5.10 Å². The maximum atomic E-state index is 6.19. The summed E-state index contributed by atoms with van der Waals surface area (Å²) in [6, 6.07) is 17.0. The van der Waals surface area contributed by atoms with E-state index in [9.17, 15) is 0 Å². The van der Waals surface area contributed by atoms with Crippen LogP contribution in [0.5, 0.6) is 0 Å². The summed E-state index contributed by atoms with van der Waals surface area (Å²) in [4.78, 5) is 4.84. The van der Waals surface area contributed by atoms with Crippen LogP contribution in [0.2, 0.25) is 5.02 Å². The summed E-state index contributed by atoms with van der Waals surface area (Å²) >= 11 is 15.8. The Morgan fingerprint density at radius 2 is 1.70 bits per heavy atom. The fourth-order valence-corrected chi connectivity index (χ4v) is 5.77. The molecule has 2 heterocycles. The fraction of sp³-hybridized carbons (Fsp3) is 0.440. The average Bonchev–Trinajstić information content (AvgIpc) is 3.16. The maximum Gasteiger partial charge on any atom is 0.199 e. The number of halogens is 2. The normalized spacial score (nSPS) is 18.1. The third kappa shape index (κ3) is 5.21. The Bertz CT molecular complexity index is 1140. The highest BCUT2D eigenvalue weighted by Gasteiger charge is 2.24. The predicted octanol–water partition coefficient (Wildman–Crippen LogP) is 6.78. The van der Waals surface area contributed by atoms with Crippen LogP contribution in [-0.4, -0.2) is 45.4 Å². The zero-order chi connectivity index (χ0) is 22.8. The number of hydrogen-bond donors (Lipinski definition) is 0. The van der Waals surface area contributed by atoms with Crippen molar-refractivity contribution in [1.29, 1.82) is 0 Å². The minimum Gasteiger partial charge on any atom is -0.369 e. The summed E-state index contributed by atoms with van der Waals surface area (Å²) in [6.45, 7) is 4.61. The van der Waals surface area contributed by atoms with Gasteiger partial charge in [0.2, 0.25) is 0 Å². The predicted molar refractivity (Wildman–Crippen MR) is 142 cm³/mol.